The smallest absolute Gasteiger partial charge is 0.153 e. The summed E-state index contributed by atoms with van der Waals surface area (Å²) in [6, 6.07) is 0. The minimum atomic E-state index is -1.87. The van der Waals surface area contributed by atoms with Gasteiger partial charge in [0.05, 0.1) is 5.41 Å². The van der Waals surface area contributed by atoms with Crippen LogP contribution in [0.2, 0.25) is 0 Å². The monoisotopic (exact) mass is 332 g/mol. The van der Waals surface area contributed by atoms with Crippen molar-refractivity contribution in [1.82, 2.24) is 0 Å². The van der Waals surface area contributed by atoms with Gasteiger partial charge < -0.3 is 15.3 Å². The highest BCUT2D eigenvalue weighted by Crippen LogP contribution is 2.71. The molecule has 4 rings (SSSR count). The van der Waals surface area contributed by atoms with Crippen LogP contribution in [-0.2, 0) is 4.79 Å². The third-order valence-electron chi connectivity index (χ3n) is 7.88. The summed E-state index contributed by atoms with van der Waals surface area (Å²) in [4.78, 5) is 13.7. The number of fused-ring (bicyclic) bond motifs is 3. The Labute approximate surface area is 143 Å². The Balaban J connectivity index is 1.99. The summed E-state index contributed by atoms with van der Waals surface area (Å²) < 4.78 is 0. The topological polar surface area (TPSA) is 77.8 Å². The largest absolute Gasteiger partial charge is 0.386 e. The van der Waals surface area contributed by atoms with E-state index >= 15 is 0 Å². The Morgan fingerprint density at radius 3 is 2.33 bits per heavy atom. The maximum atomic E-state index is 13.7. The van der Waals surface area contributed by atoms with Crippen molar-refractivity contribution in [1.29, 1.82) is 0 Å². The van der Waals surface area contributed by atoms with Crippen molar-refractivity contribution in [2.45, 2.75) is 58.8 Å². The van der Waals surface area contributed by atoms with E-state index in [1.165, 1.54) is 0 Å². The Kier molecular flexibility index (Phi) is 3.03. The van der Waals surface area contributed by atoms with E-state index < -0.39 is 23.2 Å². The van der Waals surface area contributed by atoms with E-state index in [1.807, 2.05) is 13.0 Å². The second kappa shape index (κ2) is 4.40. The van der Waals surface area contributed by atoms with E-state index in [0.29, 0.717) is 17.1 Å². The van der Waals surface area contributed by atoms with Gasteiger partial charge in [0.1, 0.15) is 17.8 Å². The van der Waals surface area contributed by atoms with Crippen molar-refractivity contribution < 1.29 is 20.1 Å². The summed E-state index contributed by atoms with van der Waals surface area (Å²) in [7, 11) is 0. The maximum Gasteiger partial charge on any atom is 0.153 e. The van der Waals surface area contributed by atoms with Gasteiger partial charge in [-0.2, -0.15) is 0 Å². The van der Waals surface area contributed by atoms with E-state index in [-0.39, 0.29) is 29.0 Å². The highest BCUT2D eigenvalue weighted by atomic mass is 16.4. The molecule has 0 radical (unpaired) electrons. The molecule has 0 unspecified atom stereocenters. The normalized spacial score (nSPS) is 54.9. The predicted molar refractivity (Wildman–Crippen MR) is 89.9 cm³/mol. The number of ketones is 1. The number of allylic oxidation sites excluding steroid dienone is 1. The van der Waals surface area contributed by atoms with Crippen LogP contribution in [0.5, 0.6) is 0 Å². The van der Waals surface area contributed by atoms with Crippen molar-refractivity contribution in [2.75, 3.05) is 0 Å². The molecule has 2 bridgehead atoms. The van der Waals surface area contributed by atoms with Gasteiger partial charge in [-0.15, -0.1) is 0 Å². The van der Waals surface area contributed by atoms with Gasteiger partial charge in [0, 0.05) is 5.92 Å². The zero-order chi connectivity index (χ0) is 17.8. The van der Waals surface area contributed by atoms with Crippen molar-refractivity contribution >= 4 is 5.78 Å². The molecule has 132 valence electrons. The molecule has 24 heavy (non-hydrogen) atoms. The van der Waals surface area contributed by atoms with Crippen molar-refractivity contribution in [3.63, 3.8) is 0 Å². The predicted octanol–water partition coefficient (Wildman–Crippen LogP) is 1.84. The molecule has 0 amide bonds. The summed E-state index contributed by atoms with van der Waals surface area (Å²) in [5.41, 5.74) is -1.80. The highest BCUT2D eigenvalue weighted by Gasteiger charge is 2.75. The molecule has 1 spiro atoms. The fourth-order valence-corrected chi connectivity index (χ4v) is 6.41. The van der Waals surface area contributed by atoms with Crippen molar-refractivity contribution in [3.8, 4) is 0 Å². The molecule has 0 aromatic rings. The van der Waals surface area contributed by atoms with Crippen LogP contribution in [0.1, 0.15) is 41.0 Å². The first kappa shape index (κ1) is 16.5. The number of hydrogen-bond donors (Lipinski definition) is 3. The lowest BCUT2D eigenvalue weighted by molar-refractivity contribution is -0.189. The first-order chi connectivity index (χ1) is 11.0. The lowest BCUT2D eigenvalue weighted by atomic mass is 9.59. The maximum absolute atomic E-state index is 13.7. The van der Waals surface area contributed by atoms with E-state index in [9.17, 15) is 20.1 Å². The molecule has 0 saturated heterocycles. The van der Waals surface area contributed by atoms with Crippen molar-refractivity contribution in [2.24, 2.45) is 34.5 Å². The first-order valence-corrected chi connectivity index (χ1v) is 9.01. The zero-order valence-corrected chi connectivity index (χ0v) is 15.1. The fraction of sp³-hybridized carbons (Fsp3) is 0.750. The number of rotatable bonds is 0. The van der Waals surface area contributed by atoms with E-state index in [4.69, 9.17) is 0 Å². The van der Waals surface area contributed by atoms with Gasteiger partial charge in [-0.1, -0.05) is 32.9 Å². The molecule has 0 heterocycles. The van der Waals surface area contributed by atoms with Gasteiger partial charge in [-0.3, -0.25) is 4.79 Å². The standard InChI is InChI=1S/C20H28O4/c1-9-6-12-14-13(18(14,4)5)7-11(3)19(17(12)23)8-10(2)16(22)20(19,24)15(9)21/h6,8,11-16,21-22,24H,7H2,1-5H3/t11-,12+,13-,14+,15-,16+,19+,20+/m0/s1. The number of aliphatic hydroxyl groups excluding tert-OH is 2. The third kappa shape index (κ3) is 1.50. The Bertz CT molecular complexity index is 690. The minimum absolute atomic E-state index is 0.0256. The Morgan fingerprint density at radius 2 is 1.71 bits per heavy atom. The summed E-state index contributed by atoms with van der Waals surface area (Å²) in [6.45, 7) is 9.91. The molecule has 0 aromatic carbocycles. The number of aliphatic hydroxyl groups is 3. The van der Waals surface area contributed by atoms with Gasteiger partial charge in [-0.05, 0) is 54.6 Å². The Morgan fingerprint density at radius 1 is 1.12 bits per heavy atom. The molecular weight excluding hydrogens is 304 g/mol. The van der Waals surface area contributed by atoms with Crippen molar-refractivity contribution in [3.05, 3.63) is 23.3 Å². The van der Waals surface area contributed by atoms with Gasteiger partial charge in [0.25, 0.3) is 0 Å². The fourth-order valence-electron chi connectivity index (χ4n) is 6.41. The second-order valence-corrected chi connectivity index (χ2v) is 9.28. The molecule has 2 fully saturated rings. The minimum Gasteiger partial charge on any atom is -0.386 e. The highest BCUT2D eigenvalue weighted by molar-refractivity contribution is 5.95. The molecule has 0 aliphatic heterocycles. The van der Waals surface area contributed by atoms with Gasteiger partial charge in [0.15, 0.2) is 5.78 Å². The van der Waals surface area contributed by atoms with E-state index in [0.717, 1.165) is 6.42 Å². The summed E-state index contributed by atoms with van der Waals surface area (Å²) in [5.74, 6) is 0.240. The molecule has 4 heteroatoms. The lowest BCUT2D eigenvalue weighted by Crippen LogP contribution is -2.64. The van der Waals surface area contributed by atoms with Gasteiger partial charge >= 0.3 is 0 Å². The molecule has 3 N–H and O–H groups in total. The van der Waals surface area contributed by atoms with Crippen LogP contribution in [0.4, 0.5) is 0 Å². The van der Waals surface area contributed by atoms with E-state index in [2.05, 4.69) is 13.8 Å². The van der Waals surface area contributed by atoms with Crippen LogP contribution in [0, 0.1) is 34.5 Å². The SMILES string of the molecule is CC1=C[C@@]23C(=O)[C@H](C=C(C)[C@H](O)[C@@]2(O)[C@@H]1O)[C@@H]1[C@H](C[C@@H]3C)C1(C)C. The molecule has 4 aliphatic carbocycles. The molecule has 4 aliphatic rings. The second-order valence-electron chi connectivity index (χ2n) is 9.28. The number of hydrogen-bond acceptors (Lipinski definition) is 4. The van der Waals surface area contributed by atoms with Crippen LogP contribution in [0.15, 0.2) is 23.3 Å². The number of carbonyl (C=O) groups is 1. The number of carbonyl (C=O) groups excluding carboxylic acids is 1. The van der Waals surface area contributed by atoms with Gasteiger partial charge in [0.2, 0.25) is 0 Å². The average Bonchev–Trinajstić information content (AvgIpc) is 3.01. The van der Waals surface area contributed by atoms with Crippen LogP contribution in [0.3, 0.4) is 0 Å². The summed E-state index contributed by atoms with van der Waals surface area (Å²) in [6.07, 6.45) is 2.01. The summed E-state index contributed by atoms with van der Waals surface area (Å²) in [5, 5.41) is 33.2. The molecule has 2 saturated carbocycles. The average molecular weight is 332 g/mol. The third-order valence-corrected chi connectivity index (χ3v) is 7.88. The first-order valence-electron chi connectivity index (χ1n) is 9.01. The molecular formula is C20H28O4. The van der Waals surface area contributed by atoms with E-state index in [1.54, 1.807) is 19.9 Å². The Hall–Kier alpha value is -0.970. The molecule has 8 atom stereocenters. The summed E-state index contributed by atoms with van der Waals surface area (Å²) >= 11 is 0. The molecule has 4 nitrogen and oxygen atoms in total. The van der Waals surface area contributed by atoms with Crippen LogP contribution < -0.4 is 0 Å². The lowest BCUT2D eigenvalue weighted by Gasteiger charge is -2.48. The zero-order valence-electron chi connectivity index (χ0n) is 15.1. The molecule has 0 aromatic heterocycles. The van der Waals surface area contributed by atoms with Crippen LogP contribution in [0.25, 0.3) is 0 Å². The van der Waals surface area contributed by atoms with Crippen LogP contribution in [-0.4, -0.2) is 38.9 Å². The van der Waals surface area contributed by atoms with Gasteiger partial charge in [-0.25, -0.2) is 0 Å². The number of Topliss-reactive ketones (excluding diaryl/α,β-unsaturated/α-hetero) is 1. The van der Waals surface area contributed by atoms with Crippen LogP contribution >= 0.6 is 0 Å². The quantitative estimate of drug-likeness (QED) is 0.592.